The molecule has 3 heteroatoms. The van der Waals surface area contributed by atoms with E-state index in [9.17, 15) is 4.79 Å². The predicted molar refractivity (Wildman–Crippen MR) is 62.8 cm³/mol. The summed E-state index contributed by atoms with van der Waals surface area (Å²) in [4.78, 5) is 12.3. The molecule has 0 aromatic heterocycles. The fourth-order valence-electron chi connectivity index (χ4n) is 1.72. The van der Waals surface area contributed by atoms with Crippen LogP contribution >= 0.6 is 27.7 Å². The molecule has 1 aliphatic rings. The van der Waals surface area contributed by atoms with Crippen molar-refractivity contribution in [2.75, 3.05) is 0 Å². The van der Waals surface area contributed by atoms with E-state index in [-0.39, 0.29) is 5.78 Å². The largest absolute Gasteiger partial charge is 0.300 e. The van der Waals surface area contributed by atoms with Crippen LogP contribution in [0, 0.1) is 0 Å². The molecule has 1 aromatic carbocycles. The minimum absolute atomic E-state index is 0.286. The van der Waals surface area contributed by atoms with Gasteiger partial charge in [-0.2, -0.15) is 0 Å². The second-order valence-electron chi connectivity index (χ2n) is 3.60. The molecule has 1 aromatic rings. The SMILES string of the molecule is CC(=O)CC1Cc2cc(Br)ccc2S1. The maximum atomic E-state index is 11.0. The molecule has 1 heterocycles. The van der Waals surface area contributed by atoms with Gasteiger partial charge in [-0.15, -0.1) is 11.8 Å². The van der Waals surface area contributed by atoms with Gasteiger partial charge in [0.2, 0.25) is 0 Å². The summed E-state index contributed by atoms with van der Waals surface area (Å²) >= 11 is 5.29. The van der Waals surface area contributed by atoms with Crippen molar-refractivity contribution in [3.63, 3.8) is 0 Å². The van der Waals surface area contributed by atoms with E-state index in [1.807, 2.05) is 11.8 Å². The van der Waals surface area contributed by atoms with Gasteiger partial charge >= 0.3 is 0 Å². The molecule has 2 rings (SSSR count). The number of carbonyl (C=O) groups is 1. The minimum atomic E-state index is 0.286. The molecule has 0 bridgehead atoms. The minimum Gasteiger partial charge on any atom is -0.300 e. The van der Waals surface area contributed by atoms with E-state index >= 15 is 0 Å². The summed E-state index contributed by atoms with van der Waals surface area (Å²) in [5, 5.41) is 0.455. The van der Waals surface area contributed by atoms with E-state index in [1.165, 1.54) is 10.5 Å². The first kappa shape index (κ1) is 10.2. The molecule has 0 N–H and O–H groups in total. The Hall–Kier alpha value is -0.280. The lowest BCUT2D eigenvalue weighted by atomic mass is 10.1. The van der Waals surface area contributed by atoms with Gasteiger partial charge in [0.25, 0.3) is 0 Å². The van der Waals surface area contributed by atoms with Crippen molar-refractivity contribution in [1.82, 2.24) is 0 Å². The monoisotopic (exact) mass is 270 g/mol. The summed E-state index contributed by atoms with van der Waals surface area (Å²) in [5.74, 6) is 0.286. The molecule has 74 valence electrons. The summed E-state index contributed by atoms with van der Waals surface area (Å²) in [6.07, 6.45) is 1.72. The molecule has 0 saturated carbocycles. The number of rotatable bonds is 2. The second kappa shape index (κ2) is 4.07. The summed E-state index contributed by atoms with van der Waals surface area (Å²) < 4.78 is 1.13. The Balaban J connectivity index is 2.14. The van der Waals surface area contributed by atoms with E-state index in [0.717, 1.165) is 10.9 Å². The van der Waals surface area contributed by atoms with Gasteiger partial charge in [-0.05, 0) is 37.1 Å². The fraction of sp³-hybridized carbons (Fsp3) is 0.364. The summed E-state index contributed by atoms with van der Waals surface area (Å²) in [5.41, 5.74) is 1.37. The first-order chi connectivity index (χ1) is 6.65. The first-order valence-electron chi connectivity index (χ1n) is 4.59. The first-order valence-corrected chi connectivity index (χ1v) is 6.27. The molecule has 1 atom stereocenters. The normalized spacial score (nSPS) is 19.4. The summed E-state index contributed by atoms with van der Waals surface area (Å²) in [6.45, 7) is 1.67. The molecule has 1 nitrogen and oxygen atoms in total. The van der Waals surface area contributed by atoms with Gasteiger partial charge < -0.3 is 0 Å². The number of carbonyl (C=O) groups excluding carboxylic acids is 1. The second-order valence-corrected chi connectivity index (χ2v) is 5.86. The highest BCUT2D eigenvalue weighted by Gasteiger charge is 2.23. The number of thioether (sulfide) groups is 1. The molecule has 14 heavy (non-hydrogen) atoms. The van der Waals surface area contributed by atoms with Crippen LogP contribution in [-0.4, -0.2) is 11.0 Å². The standard InChI is InChI=1S/C11H11BrOS/c1-7(13)4-10-6-8-5-9(12)2-3-11(8)14-10/h2-3,5,10H,4,6H2,1H3. The van der Waals surface area contributed by atoms with Crippen LogP contribution < -0.4 is 0 Å². The van der Waals surface area contributed by atoms with Crippen LogP contribution in [0.25, 0.3) is 0 Å². The number of Topliss-reactive ketones (excluding diaryl/α,β-unsaturated/α-hetero) is 1. The van der Waals surface area contributed by atoms with Gasteiger partial charge in [-0.3, -0.25) is 4.79 Å². The summed E-state index contributed by atoms with van der Waals surface area (Å²) in [6, 6.07) is 6.34. The van der Waals surface area contributed by atoms with Crippen LogP contribution in [-0.2, 0) is 11.2 Å². The Morgan fingerprint density at radius 2 is 2.43 bits per heavy atom. The van der Waals surface area contributed by atoms with Gasteiger partial charge in [-0.25, -0.2) is 0 Å². The predicted octanol–water partition coefficient (Wildman–Crippen LogP) is 3.45. The lowest BCUT2D eigenvalue weighted by Gasteiger charge is -2.03. The van der Waals surface area contributed by atoms with Crippen molar-refractivity contribution >= 4 is 33.5 Å². The zero-order valence-electron chi connectivity index (χ0n) is 7.92. The summed E-state index contributed by atoms with van der Waals surface area (Å²) in [7, 11) is 0. The topological polar surface area (TPSA) is 17.1 Å². The lowest BCUT2D eigenvalue weighted by molar-refractivity contribution is -0.116. The Morgan fingerprint density at radius 1 is 1.64 bits per heavy atom. The third kappa shape index (κ3) is 2.20. The highest BCUT2D eigenvalue weighted by atomic mass is 79.9. The lowest BCUT2D eigenvalue weighted by Crippen LogP contribution is -2.06. The number of halogens is 1. The molecule has 0 fully saturated rings. The average molecular weight is 271 g/mol. The van der Waals surface area contributed by atoms with Crippen LogP contribution in [0.15, 0.2) is 27.6 Å². The number of hydrogen-bond donors (Lipinski definition) is 0. The van der Waals surface area contributed by atoms with E-state index in [0.29, 0.717) is 11.7 Å². The van der Waals surface area contributed by atoms with Crippen LogP contribution in [0.2, 0.25) is 0 Å². The molecule has 0 aliphatic carbocycles. The van der Waals surface area contributed by atoms with Crippen LogP contribution in [0.5, 0.6) is 0 Å². The number of ketones is 1. The van der Waals surface area contributed by atoms with Gasteiger partial charge in [0, 0.05) is 21.0 Å². The maximum Gasteiger partial charge on any atom is 0.130 e. The number of hydrogen-bond acceptors (Lipinski definition) is 2. The number of benzene rings is 1. The maximum absolute atomic E-state index is 11.0. The third-order valence-corrected chi connectivity index (χ3v) is 4.09. The zero-order valence-corrected chi connectivity index (χ0v) is 10.3. The molecular weight excluding hydrogens is 260 g/mol. The van der Waals surface area contributed by atoms with Gasteiger partial charge in [-0.1, -0.05) is 15.9 Å². The molecule has 1 unspecified atom stereocenters. The van der Waals surface area contributed by atoms with E-state index in [2.05, 4.69) is 34.1 Å². The highest BCUT2D eigenvalue weighted by Crippen LogP contribution is 2.39. The van der Waals surface area contributed by atoms with E-state index < -0.39 is 0 Å². The van der Waals surface area contributed by atoms with Crippen molar-refractivity contribution in [3.8, 4) is 0 Å². The smallest absolute Gasteiger partial charge is 0.130 e. The van der Waals surface area contributed by atoms with E-state index in [4.69, 9.17) is 0 Å². The quantitative estimate of drug-likeness (QED) is 0.819. The molecule has 0 amide bonds. The highest BCUT2D eigenvalue weighted by molar-refractivity contribution is 9.10. The van der Waals surface area contributed by atoms with E-state index in [1.54, 1.807) is 6.92 Å². The molecule has 0 saturated heterocycles. The van der Waals surface area contributed by atoms with Crippen molar-refractivity contribution in [3.05, 3.63) is 28.2 Å². The molecule has 0 radical (unpaired) electrons. The van der Waals surface area contributed by atoms with Crippen LogP contribution in [0.3, 0.4) is 0 Å². The Bertz CT molecular complexity index is 376. The Labute approximate surface area is 96.4 Å². The number of fused-ring (bicyclic) bond motifs is 1. The fourth-order valence-corrected chi connectivity index (χ4v) is 3.51. The van der Waals surface area contributed by atoms with Crippen molar-refractivity contribution in [2.45, 2.75) is 29.9 Å². The van der Waals surface area contributed by atoms with Crippen molar-refractivity contribution < 1.29 is 4.79 Å². The van der Waals surface area contributed by atoms with Crippen molar-refractivity contribution in [1.29, 1.82) is 0 Å². The average Bonchev–Trinajstić information content (AvgIpc) is 2.44. The van der Waals surface area contributed by atoms with Crippen LogP contribution in [0.4, 0.5) is 0 Å². The molecule has 1 aliphatic heterocycles. The van der Waals surface area contributed by atoms with Gasteiger partial charge in [0.15, 0.2) is 0 Å². The molecular formula is C11H11BrOS. The van der Waals surface area contributed by atoms with Crippen LogP contribution in [0.1, 0.15) is 18.9 Å². The van der Waals surface area contributed by atoms with Gasteiger partial charge in [0.1, 0.15) is 5.78 Å². The van der Waals surface area contributed by atoms with Gasteiger partial charge in [0.05, 0.1) is 0 Å². The Kier molecular flexibility index (Phi) is 2.98. The zero-order chi connectivity index (χ0) is 10.1. The van der Waals surface area contributed by atoms with Crippen molar-refractivity contribution in [2.24, 2.45) is 0 Å². The Morgan fingerprint density at radius 3 is 3.14 bits per heavy atom. The third-order valence-electron chi connectivity index (χ3n) is 2.28. The molecule has 0 spiro atoms.